The monoisotopic (exact) mass is 278 g/mol. The zero-order valence-corrected chi connectivity index (χ0v) is 13.2. The minimum Gasteiger partial charge on any atom is -0.393 e. The molecule has 3 heteroatoms. The molecule has 0 bridgehead atoms. The molecular weight excluding hydrogens is 252 g/mol. The number of aliphatic hydroxyl groups is 2. The van der Waals surface area contributed by atoms with Gasteiger partial charge in [0.15, 0.2) is 0 Å². The third kappa shape index (κ3) is 3.47. The summed E-state index contributed by atoms with van der Waals surface area (Å²) in [7, 11) is -1.49. The van der Waals surface area contributed by atoms with Crippen molar-refractivity contribution in [2.75, 3.05) is 0 Å². The molecule has 0 amide bonds. The van der Waals surface area contributed by atoms with E-state index < -0.39 is 8.07 Å². The highest BCUT2D eigenvalue weighted by molar-refractivity contribution is 6.77. The van der Waals surface area contributed by atoms with Gasteiger partial charge >= 0.3 is 0 Å². The van der Waals surface area contributed by atoms with Gasteiger partial charge in [0.25, 0.3) is 0 Å². The Morgan fingerprint density at radius 1 is 1.11 bits per heavy atom. The van der Waals surface area contributed by atoms with Crippen LogP contribution in [0.25, 0.3) is 0 Å². The van der Waals surface area contributed by atoms with Crippen LogP contribution in [0, 0.1) is 5.92 Å². The highest BCUT2D eigenvalue weighted by Gasteiger charge is 2.42. The summed E-state index contributed by atoms with van der Waals surface area (Å²) in [5.41, 5.74) is 1.35. The Morgan fingerprint density at radius 3 is 2.21 bits per heavy atom. The average molecular weight is 278 g/mol. The van der Waals surface area contributed by atoms with Crippen molar-refractivity contribution >= 4 is 8.07 Å². The minimum absolute atomic E-state index is 0.160. The number of aliphatic hydroxyl groups excluding tert-OH is 2. The third-order valence-electron chi connectivity index (χ3n) is 4.43. The summed E-state index contributed by atoms with van der Waals surface area (Å²) < 4.78 is 0. The molecule has 106 valence electrons. The zero-order chi connectivity index (χ0) is 14.0. The molecule has 3 unspecified atom stereocenters. The molecule has 1 aliphatic carbocycles. The molecule has 2 nitrogen and oxygen atoms in total. The van der Waals surface area contributed by atoms with Crippen LogP contribution in [0.3, 0.4) is 0 Å². The van der Waals surface area contributed by atoms with E-state index in [9.17, 15) is 10.2 Å². The van der Waals surface area contributed by atoms with Gasteiger partial charge in [0.1, 0.15) is 0 Å². The predicted octanol–water partition coefficient (Wildman–Crippen LogP) is 3.59. The number of hydrogen-bond acceptors (Lipinski definition) is 2. The first-order chi connectivity index (χ1) is 8.89. The van der Waals surface area contributed by atoms with Gasteiger partial charge in [-0.15, -0.1) is 0 Å². The van der Waals surface area contributed by atoms with Crippen LogP contribution in [-0.2, 0) is 0 Å². The van der Waals surface area contributed by atoms with Crippen LogP contribution in [0.1, 0.15) is 30.9 Å². The third-order valence-corrected chi connectivity index (χ3v) is 7.22. The summed E-state index contributed by atoms with van der Waals surface area (Å²) in [6.07, 6.45) is 2.27. The van der Waals surface area contributed by atoms with Gasteiger partial charge in [-0.3, -0.25) is 0 Å². The first-order valence-corrected chi connectivity index (χ1v) is 10.9. The van der Waals surface area contributed by atoms with Crippen molar-refractivity contribution in [1.29, 1.82) is 0 Å². The first kappa shape index (κ1) is 14.8. The van der Waals surface area contributed by atoms with Crippen molar-refractivity contribution in [3.8, 4) is 0 Å². The quantitative estimate of drug-likeness (QED) is 0.826. The lowest BCUT2D eigenvalue weighted by Gasteiger charge is -2.38. The molecule has 0 aromatic heterocycles. The van der Waals surface area contributed by atoms with Gasteiger partial charge in [-0.05, 0) is 36.3 Å². The summed E-state index contributed by atoms with van der Waals surface area (Å²) in [4.78, 5) is 0. The predicted molar refractivity (Wildman–Crippen MR) is 81.8 cm³/mol. The maximum atomic E-state index is 10.8. The normalized spacial score (nSPS) is 27.2. The lowest BCUT2D eigenvalue weighted by Crippen LogP contribution is -2.37. The van der Waals surface area contributed by atoms with Gasteiger partial charge in [0, 0.05) is 0 Å². The van der Waals surface area contributed by atoms with Gasteiger partial charge in [0.2, 0.25) is 0 Å². The Labute approximate surface area is 117 Å². The van der Waals surface area contributed by atoms with E-state index in [1.807, 2.05) is 30.3 Å². The minimum atomic E-state index is -1.49. The fourth-order valence-corrected chi connectivity index (χ4v) is 6.47. The van der Waals surface area contributed by atoms with Gasteiger partial charge in [-0.2, -0.15) is 0 Å². The van der Waals surface area contributed by atoms with E-state index in [0.717, 1.165) is 24.8 Å². The van der Waals surface area contributed by atoms with Gasteiger partial charge in [-0.25, -0.2) is 0 Å². The molecule has 1 aliphatic rings. The number of benzene rings is 1. The summed E-state index contributed by atoms with van der Waals surface area (Å²) in [6, 6.07) is 10.00. The van der Waals surface area contributed by atoms with Crippen LogP contribution in [0.15, 0.2) is 30.3 Å². The van der Waals surface area contributed by atoms with Crippen LogP contribution in [-0.4, -0.2) is 24.4 Å². The molecule has 2 N–H and O–H groups in total. The van der Waals surface area contributed by atoms with E-state index >= 15 is 0 Å². The van der Waals surface area contributed by atoms with E-state index in [1.54, 1.807) is 0 Å². The zero-order valence-electron chi connectivity index (χ0n) is 12.2. The van der Waals surface area contributed by atoms with Crippen molar-refractivity contribution in [2.24, 2.45) is 5.92 Å². The largest absolute Gasteiger partial charge is 0.393 e. The van der Waals surface area contributed by atoms with E-state index in [4.69, 9.17) is 0 Å². The Bertz CT molecular complexity index is 399. The summed E-state index contributed by atoms with van der Waals surface area (Å²) in [5.74, 6) is 0.469. The summed E-state index contributed by atoms with van der Waals surface area (Å²) in [5, 5.41) is 20.6. The summed E-state index contributed by atoms with van der Waals surface area (Å²) in [6.45, 7) is 6.98. The molecule has 4 atom stereocenters. The molecule has 2 rings (SSSR count). The molecule has 0 radical (unpaired) electrons. The fraction of sp³-hybridized carbons (Fsp3) is 0.625. The molecule has 1 fully saturated rings. The van der Waals surface area contributed by atoms with Crippen LogP contribution < -0.4 is 0 Å². The molecular formula is C16H26O2Si. The van der Waals surface area contributed by atoms with Crippen molar-refractivity contribution < 1.29 is 10.2 Å². The van der Waals surface area contributed by atoms with Crippen molar-refractivity contribution in [3.63, 3.8) is 0 Å². The SMILES string of the molecule is C[Si](C)(C)C(C1CC[C@H](O)C1)C(O)c1ccccc1. The van der Waals surface area contributed by atoms with E-state index in [0.29, 0.717) is 11.5 Å². The fourth-order valence-electron chi connectivity index (χ4n) is 3.61. The van der Waals surface area contributed by atoms with Gasteiger partial charge < -0.3 is 10.2 Å². The maximum absolute atomic E-state index is 10.8. The smallest absolute Gasteiger partial charge is 0.0797 e. The molecule has 0 spiro atoms. The first-order valence-electron chi connectivity index (χ1n) is 7.30. The lowest BCUT2D eigenvalue weighted by atomic mass is 9.94. The lowest BCUT2D eigenvalue weighted by molar-refractivity contribution is 0.131. The number of rotatable bonds is 4. The van der Waals surface area contributed by atoms with Crippen LogP contribution in [0.2, 0.25) is 25.2 Å². The van der Waals surface area contributed by atoms with Crippen molar-refractivity contribution in [2.45, 2.75) is 56.7 Å². The van der Waals surface area contributed by atoms with Crippen molar-refractivity contribution in [3.05, 3.63) is 35.9 Å². The van der Waals surface area contributed by atoms with Crippen molar-refractivity contribution in [1.82, 2.24) is 0 Å². The highest BCUT2D eigenvalue weighted by atomic mass is 28.3. The second-order valence-electron chi connectivity index (χ2n) is 6.97. The molecule has 0 heterocycles. The van der Waals surface area contributed by atoms with Gasteiger partial charge in [-0.1, -0.05) is 50.0 Å². The molecule has 0 saturated heterocycles. The maximum Gasteiger partial charge on any atom is 0.0797 e. The van der Waals surface area contributed by atoms with Crippen LogP contribution in [0.5, 0.6) is 0 Å². The molecule has 0 aliphatic heterocycles. The summed E-state index contributed by atoms with van der Waals surface area (Å²) >= 11 is 0. The molecule has 19 heavy (non-hydrogen) atoms. The standard InChI is InChI=1S/C16H26O2Si/c1-19(2,3)16(13-9-10-14(17)11-13)15(18)12-7-5-4-6-8-12/h4-8,13-18H,9-11H2,1-3H3/t13?,14-,15?,16?/m0/s1. The Kier molecular flexibility index (Phi) is 4.49. The van der Waals surface area contributed by atoms with E-state index in [-0.39, 0.29) is 12.2 Å². The Balaban J connectivity index is 2.23. The van der Waals surface area contributed by atoms with E-state index in [2.05, 4.69) is 19.6 Å². The topological polar surface area (TPSA) is 40.5 Å². The Hall–Kier alpha value is -0.643. The van der Waals surface area contributed by atoms with E-state index in [1.165, 1.54) is 0 Å². The molecule has 1 saturated carbocycles. The average Bonchev–Trinajstić information content (AvgIpc) is 2.75. The van der Waals surface area contributed by atoms with Crippen LogP contribution in [0.4, 0.5) is 0 Å². The second-order valence-corrected chi connectivity index (χ2v) is 12.4. The van der Waals surface area contributed by atoms with Gasteiger partial charge in [0.05, 0.1) is 20.3 Å². The Morgan fingerprint density at radius 2 is 1.74 bits per heavy atom. The van der Waals surface area contributed by atoms with Crippen LogP contribution >= 0.6 is 0 Å². The molecule has 1 aromatic rings. The highest BCUT2D eigenvalue weighted by Crippen LogP contribution is 2.47. The number of hydrogen-bond donors (Lipinski definition) is 2. The molecule has 1 aromatic carbocycles. The second kappa shape index (κ2) is 5.78.